The summed E-state index contributed by atoms with van der Waals surface area (Å²) in [6.45, 7) is 2.52. The minimum absolute atomic E-state index is 0.0808. The lowest BCUT2D eigenvalue weighted by Gasteiger charge is -2.53. The predicted octanol–water partition coefficient (Wildman–Crippen LogP) is 8.79. The van der Waals surface area contributed by atoms with Gasteiger partial charge in [-0.05, 0) is 75.1 Å². The molecule has 2 aliphatic carbocycles. The Balaban J connectivity index is 1.18. The Morgan fingerprint density at radius 3 is 1.98 bits per heavy atom. The van der Waals surface area contributed by atoms with Crippen molar-refractivity contribution >= 4 is 64.3 Å². The van der Waals surface area contributed by atoms with E-state index < -0.39 is 8.07 Å². The molecule has 1 aliphatic heterocycles. The number of fused-ring (bicyclic) bond motifs is 6. The number of Topliss-reactive ketones (excluding diaryl/α,β-unsaturated/α-hetero) is 2. The number of allylic oxidation sites excluding steroid dienone is 1. The highest BCUT2D eigenvalue weighted by Crippen LogP contribution is 2.53. The minimum atomic E-state index is -2.29. The second-order valence-corrected chi connectivity index (χ2v) is 17.2. The fraction of sp³-hybridized carbons (Fsp3) is 0.0698. The summed E-state index contributed by atoms with van der Waals surface area (Å²) in [4.78, 5) is 29.6. The highest BCUT2D eigenvalue weighted by molar-refractivity contribution is 7.04. The average molecular weight is 622 g/mol. The number of rotatable bonds is 3. The SMILES string of the molecule is C[Si]1(c2ccccc2)c2ccccc2N(c2ccccc2)C2c3ccc(C=C4C(=O)c5cc6ccccc6cc5C4=O)cc3C=CC21. The third kappa shape index (κ3) is 4.11. The number of hydrogen-bond acceptors (Lipinski definition) is 3. The lowest BCUT2D eigenvalue weighted by Crippen LogP contribution is -2.65. The number of nitrogens with zero attached hydrogens (tertiary/aromatic N) is 1. The summed E-state index contributed by atoms with van der Waals surface area (Å²) in [6.07, 6.45) is 6.48. The van der Waals surface area contributed by atoms with Gasteiger partial charge >= 0.3 is 0 Å². The third-order valence-corrected chi connectivity index (χ3v) is 15.4. The Morgan fingerprint density at radius 1 is 0.660 bits per heavy atom. The molecule has 224 valence electrons. The summed E-state index contributed by atoms with van der Waals surface area (Å²) >= 11 is 0. The van der Waals surface area contributed by atoms with E-state index in [9.17, 15) is 9.59 Å². The summed E-state index contributed by atoms with van der Waals surface area (Å²) in [7, 11) is -2.29. The summed E-state index contributed by atoms with van der Waals surface area (Å²) in [6, 6.07) is 48.8. The van der Waals surface area contributed by atoms with Crippen molar-refractivity contribution in [3.05, 3.63) is 179 Å². The van der Waals surface area contributed by atoms with Gasteiger partial charge in [-0.1, -0.05) is 127 Å². The smallest absolute Gasteiger partial charge is 0.197 e. The zero-order valence-corrected chi connectivity index (χ0v) is 26.9. The Kier molecular flexibility index (Phi) is 6.18. The first-order valence-electron chi connectivity index (χ1n) is 16.2. The monoisotopic (exact) mass is 621 g/mol. The van der Waals surface area contributed by atoms with Crippen molar-refractivity contribution in [2.75, 3.05) is 4.90 Å². The molecule has 0 amide bonds. The molecule has 0 saturated carbocycles. The van der Waals surface area contributed by atoms with E-state index in [0.717, 1.165) is 21.9 Å². The molecule has 3 unspecified atom stereocenters. The van der Waals surface area contributed by atoms with Gasteiger partial charge in [-0.25, -0.2) is 0 Å². The van der Waals surface area contributed by atoms with Gasteiger partial charge in [-0.3, -0.25) is 9.59 Å². The van der Waals surface area contributed by atoms with E-state index in [4.69, 9.17) is 0 Å². The molecule has 3 aliphatic rings. The number of anilines is 2. The lowest BCUT2D eigenvalue weighted by atomic mass is 9.88. The van der Waals surface area contributed by atoms with Gasteiger partial charge in [0, 0.05) is 28.0 Å². The van der Waals surface area contributed by atoms with Gasteiger partial charge in [-0.15, -0.1) is 0 Å². The molecule has 0 saturated heterocycles. The summed E-state index contributed by atoms with van der Waals surface area (Å²) < 4.78 is 0. The van der Waals surface area contributed by atoms with Gasteiger partial charge in [0.25, 0.3) is 0 Å². The molecule has 0 spiro atoms. The van der Waals surface area contributed by atoms with Crippen LogP contribution in [0.1, 0.15) is 43.4 Å². The van der Waals surface area contributed by atoms with Gasteiger partial charge in [0.05, 0.1) is 11.6 Å². The van der Waals surface area contributed by atoms with Crippen LogP contribution in [0.2, 0.25) is 12.1 Å². The second kappa shape index (κ2) is 10.5. The van der Waals surface area contributed by atoms with Crippen LogP contribution in [0, 0.1) is 0 Å². The molecule has 0 N–H and O–H groups in total. The van der Waals surface area contributed by atoms with Crippen molar-refractivity contribution in [3.8, 4) is 0 Å². The number of hydrogen-bond donors (Lipinski definition) is 0. The van der Waals surface area contributed by atoms with Crippen LogP contribution in [0.25, 0.3) is 22.9 Å². The fourth-order valence-electron chi connectivity index (χ4n) is 8.19. The molecule has 0 bridgehead atoms. The van der Waals surface area contributed by atoms with Crippen molar-refractivity contribution in [2.45, 2.75) is 18.1 Å². The van der Waals surface area contributed by atoms with E-state index in [1.165, 1.54) is 27.3 Å². The van der Waals surface area contributed by atoms with Crippen LogP contribution in [-0.4, -0.2) is 19.6 Å². The quantitative estimate of drug-likeness (QED) is 0.113. The van der Waals surface area contributed by atoms with Gasteiger partial charge in [-0.2, -0.15) is 0 Å². The zero-order valence-electron chi connectivity index (χ0n) is 25.9. The van der Waals surface area contributed by atoms with Gasteiger partial charge in [0.15, 0.2) is 11.6 Å². The minimum Gasteiger partial charge on any atom is -0.334 e. The van der Waals surface area contributed by atoms with E-state index in [-0.39, 0.29) is 28.7 Å². The largest absolute Gasteiger partial charge is 0.334 e. The van der Waals surface area contributed by atoms with Crippen LogP contribution in [0.4, 0.5) is 11.4 Å². The topological polar surface area (TPSA) is 37.4 Å². The number of carbonyl (C=O) groups is 2. The van der Waals surface area contributed by atoms with E-state index >= 15 is 0 Å². The molecular formula is C43H31NO2Si. The first kappa shape index (κ1) is 27.7. The molecule has 4 heteroatoms. The zero-order chi connectivity index (χ0) is 31.7. The van der Waals surface area contributed by atoms with E-state index in [2.05, 4.69) is 127 Å². The van der Waals surface area contributed by atoms with Gasteiger partial charge < -0.3 is 4.90 Å². The Hall–Kier alpha value is -5.58. The second-order valence-electron chi connectivity index (χ2n) is 13.0. The van der Waals surface area contributed by atoms with Crippen molar-refractivity contribution in [2.24, 2.45) is 0 Å². The first-order chi connectivity index (χ1) is 23.0. The first-order valence-corrected chi connectivity index (χ1v) is 18.8. The molecule has 0 fully saturated rings. The summed E-state index contributed by atoms with van der Waals surface area (Å²) in [5.74, 6) is -0.402. The molecule has 0 aromatic heterocycles. The van der Waals surface area contributed by atoms with Crippen LogP contribution in [-0.2, 0) is 0 Å². The Labute approximate surface area is 275 Å². The van der Waals surface area contributed by atoms with E-state index in [1.807, 2.05) is 36.4 Å². The van der Waals surface area contributed by atoms with Crippen molar-refractivity contribution in [1.82, 2.24) is 0 Å². The maximum atomic E-state index is 13.5. The maximum absolute atomic E-state index is 13.5. The number of ketones is 2. The molecule has 6 aromatic carbocycles. The van der Waals surface area contributed by atoms with Crippen molar-refractivity contribution < 1.29 is 9.59 Å². The summed E-state index contributed by atoms with van der Waals surface area (Å²) in [5, 5.41) is 4.79. The van der Waals surface area contributed by atoms with Gasteiger partial charge in [0.1, 0.15) is 8.07 Å². The normalized spacial score (nSPS) is 20.9. The number of para-hydroxylation sites is 2. The number of carbonyl (C=O) groups excluding carboxylic acids is 2. The molecule has 47 heavy (non-hydrogen) atoms. The van der Waals surface area contributed by atoms with E-state index in [1.54, 1.807) is 6.08 Å². The molecule has 1 heterocycles. The fourth-order valence-corrected chi connectivity index (χ4v) is 12.8. The molecule has 9 rings (SSSR count). The summed E-state index contributed by atoms with van der Waals surface area (Å²) in [5.41, 5.74) is 7.14. The van der Waals surface area contributed by atoms with Crippen LogP contribution in [0.5, 0.6) is 0 Å². The van der Waals surface area contributed by atoms with Gasteiger partial charge in [0.2, 0.25) is 0 Å². The standard InChI is InChI=1S/C43H31NO2Si/c1-47(33-16-6-3-7-17-33)39-19-11-10-18-38(39)44(32-14-4-2-5-15-32)41-34-22-20-28(24-31(34)21-23-40(41)47)25-37-42(45)35-26-29-12-8-9-13-30(29)27-36(35)43(37)46/h2-27,40-41H,1H3. The van der Waals surface area contributed by atoms with E-state index in [0.29, 0.717) is 11.1 Å². The molecule has 0 radical (unpaired) electrons. The van der Waals surface area contributed by atoms with Crippen molar-refractivity contribution in [1.29, 1.82) is 0 Å². The number of benzene rings is 6. The molecule has 6 aromatic rings. The Morgan fingerprint density at radius 2 is 1.28 bits per heavy atom. The third-order valence-electron chi connectivity index (χ3n) is 10.5. The highest BCUT2D eigenvalue weighted by atomic mass is 28.3. The average Bonchev–Trinajstić information content (AvgIpc) is 3.35. The maximum Gasteiger partial charge on any atom is 0.197 e. The lowest BCUT2D eigenvalue weighted by molar-refractivity contribution is 0.0990. The van der Waals surface area contributed by atoms with Crippen LogP contribution in [0.3, 0.4) is 0 Å². The molecule has 3 atom stereocenters. The Bertz CT molecular complexity index is 2270. The van der Waals surface area contributed by atoms with Crippen LogP contribution < -0.4 is 15.3 Å². The predicted molar refractivity (Wildman–Crippen MR) is 195 cm³/mol. The van der Waals surface area contributed by atoms with Crippen molar-refractivity contribution in [3.63, 3.8) is 0 Å². The van der Waals surface area contributed by atoms with Crippen LogP contribution in [0.15, 0.2) is 151 Å². The highest BCUT2D eigenvalue weighted by Gasteiger charge is 2.52. The van der Waals surface area contributed by atoms with Crippen LogP contribution >= 0.6 is 0 Å². The molecular weight excluding hydrogens is 591 g/mol. The molecule has 3 nitrogen and oxygen atoms in total.